The zero-order valence-corrected chi connectivity index (χ0v) is 32.4. The number of aliphatic hydroxyl groups is 1. The molecule has 3 heterocycles. The Kier molecular flexibility index (Phi) is 12.8. The number of rotatable bonds is 9. The van der Waals surface area contributed by atoms with Gasteiger partial charge in [-0.25, -0.2) is 9.97 Å². The van der Waals surface area contributed by atoms with Crippen molar-refractivity contribution in [2.45, 2.75) is 93.4 Å². The molecule has 5 aromatic rings. The number of thiophene rings is 1. The summed E-state index contributed by atoms with van der Waals surface area (Å²) in [5.74, 6) is 0.286. The Bertz CT molecular complexity index is 1850. The van der Waals surface area contributed by atoms with Crippen LogP contribution in [0.1, 0.15) is 93.6 Å². The Morgan fingerprint density at radius 2 is 1.47 bits per heavy atom. The average molecular weight is 827 g/mol. The first-order chi connectivity index (χ1) is 21.8. The Labute approximate surface area is 298 Å². The van der Waals surface area contributed by atoms with Gasteiger partial charge in [-0.2, -0.15) is 0 Å². The smallest absolute Gasteiger partial charge is 0.164 e. The van der Waals surface area contributed by atoms with Crippen LogP contribution in [0.2, 0.25) is 0 Å². The molecule has 47 heavy (non-hydrogen) atoms. The summed E-state index contributed by atoms with van der Waals surface area (Å²) < 4.78 is 1.18. The number of hydrogen-bond donors (Lipinski definition) is 1. The quantitative estimate of drug-likeness (QED) is 0.0910. The number of aliphatic hydroxyl groups excluding tert-OH is 1. The van der Waals surface area contributed by atoms with E-state index in [2.05, 4.69) is 78.6 Å². The molecule has 0 aliphatic rings. The summed E-state index contributed by atoms with van der Waals surface area (Å²) in [4.78, 5) is 26.0. The van der Waals surface area contributed by atoms with Gasteiger partial charge in [0.15, 0.2) is 5.78 Å². The number of benzene rings is 2. The maximum Gasteiger partial charge on any atom is 0.164 e. The molecule has 1 N–H and O–H groups in total. The van der Waals surface area contributed by atoms with Crippen molar-refractivity contribution in [1.29, 1.82) is 0 Å². The van der Waals surface area contributed by atoms with Crippen LogP contribution in [0.4, 0.5) is 0 Å². The molecule has 0 spiro atoms. The number of carbonyl (C=O) groups is 1. The van der Waals surface area contributed by atoms with E-state index in [0.29, 0.717) is 0 Å². The van der Waals surface area contributed by atoms with Gasteiger partial charge in [0.2, 0.25) is 0 Å². The molecule has 0 unspecified atom stereocenters. The molecule has 0 atom stereocenters. The zero-order chi connectivity index (χ0) is 33.7. The van der Waals surface area contributed by atoms with Gasteiger partial charge in [-0.15, -0.1) is 40.5 Å². The largest absolute Gasteiger partial charge is 0.512 e. The molecule has 0 aliphatic heterocycles. The molecule has 0 fully saturated rings. The first-order valence-corrected chi connectivity index (χ1v) is 17.2. The van der Waals surface area contributed by atoms with Crippen LogP contribution in [0.15, 0.2) is 78.1 Å². The second kappa shape index (κ2) is 15.8. The summed E-state index contributed by atoms with van der Waals surface area (Å²) in [7, 11) is 0. The third-order valence-corrected chi connectivity index (χ3v) is 10.6. The maximum atomic E-state index is 12.2. The fraction of sp³-hybridized carbons (Fsp3) is 0.400. The second-order valence-electron chi connectivity index (χ2n) is 13.6. The number of aromatic nitrogens is 3. The van der Waals surface area contributed by atoms with Crippen LogP contribution in [0.3, 0.4) is 0 Å². The summed E-state index contributed by atoms with van der Waals surface area (Å²) in [5.41, 5.74) is 5.23. The summed E-state index contributed by atoms with van der Waals surface area (Å²) in [6, 6.07) is 22.4. The van der Waals surface area contributed by atoms with Crippen LogP contribution < -0.4 is 0 Å². The molecule has 0 saturated heterocycles. The van der Waals surface area contributed by atoms with Gasteiger partial charge in [-0.05, 0) is 60.7 Å². The maximum absolute atomic E-state index is 12.2. The van der Waals surface area contributed by atoms with Crippen molar-refractivity contribution in [3.05, 3.63) is 89.8 Å². The van der Waals surface area contributed by atoms with Gasteiger partial charge in [0.1, 0.15) is 12.1 Å². The van der Waals surface area contributed by atoms with Gasteiger partial charge in [0.05, 0.1) is 21.6 Å². The van der Waals surface area contributed by atoms with Crippen molar-refractivity contribution in [3.8, 4) is 22.6 Å². The molecule has 0 saturated carbocycles. The number of hydrogen-bond acceptors (Lipinski definition) is 6. The molecule has 3 aromatic heterocycles. The van der Waals surface area contributed by atoms with Crippen molar-refractivity contribution in [2.75, 3.05) is 0 Å². The van der Waals surface area contributed by atoms with Crippen LogP contribution in [-0.4, -0.2) is 25.8 Å². The van der Waals surface area contributed by atoms with E-state index in [-0.39, 0.29) is 47.9 Å². The van der Waals surface area contributed by atoms with Crippen LogP contribution in [-0.2, 0) is 30.3 Å². The van der Waals surface area contributed by atoms with Gasteiger partial charge in [0, 0.05) is 42.7 Å². The second-order valence-corrected chi connectivity index (χ2v) is 14.6. The van der Waals surface area contributed by atoms with Gasteiger partial charge >= 0.3 is 0 Å². The van der Waals surface area contributed by atoms with E-state index in [4.69, 9.17) is 4.98 Å². The SMILES string of the molecule is CC(C)(C)c1cc(-c2cc(-c3ccc4sccc4n3)ncn2)[c-]c2ccccc12.CCC(C)(CC)C(=O)/C=C(\O)C(C)(CC)CC.[Ir]. The molecule has 5 nitrogen and oxygen atoms in total. The number of fused-ring (bicyclic) bond motifs is 2. The molecule has 251 valence electrons. The minimum atomic E-state index is -0.337. The number of carbonyl (C=O) groups excluding carboxylic acids is 1. The van der Waals surface area contributed by atoms with Gasteiger partial charge in [-0.3, -0.25) is 9.78 Å². The van der Waals surface area contributed by atoms with Crippen molar-refractivity contribution in [1.82, 2.24) is 15.0 Å². The zero-order valence-electron chi connectivity index (χ0n) is 29.2. The molecule has 0 bridgehead atoms. The molecule has 1 radical (unpaired) electrons. The van der Waals surface area contributed by atoms with E-state index in [9.17, 15) is 9.90 Å². The fourth-order valence-corrected chi connectivity index (χ4v) is 6.04. The summed E-state index contributed by atoms with van der Waals surface area (Å²) >= 11 is 1.70. The van der Waals surface area contributed by atoms with Crippen LogP contribution in [0, 0.1) is 16.9 Å². The van der Waals surface area contributed by atoms with Gasteiger partial charge in [-0.1, -0.05) is 91.5 Å². The Morgan fingerprint density at radius 3 is 2.11 bits per heavy atom. The first-order valence-electron chi connectivity index (χ1n) is 16.4. The normalized spacial score (nSPS) is 12.4. The number of pyridine rings is 1. The summed E-state index contributed by atoms with van der Waals surface area (Å²) in [6.45, 7) is 18.8. The van der Waals surface area contributed by atoms with E-state index in [0.717, 1.165) is 59.2 Å². The predicted octanol–water partition coefficient (Wildman–Crippen LogP) is 11.3. The molecule has 0 aliphatic carbocycles. The van der Waals surface area contributed by atoms with E-state index < -0.39 is 0 Å². The number of allylic oxidation sites excluding steroid dienone is 2. The molecule has 7 heteroatoms. The van der Waals surface area contributed by atoms with Crippen molar-refractivity contribution >= 4 is 38.1 Å². The summed E-state index contributed by atoms with van der Waals surface area (Å²) in [6.07, 6.45) is 6.37. The molecular formula is C40H48IrN3O2S-. The average Bonchev–Trinajstić information content (AvgIpc) is 3.55. The van der Waals surface area contributed by atoms with Gasteiger partial charge in [0.25, 0.3) is 0 Å². The van der Waals surface area contributed by atoms with E-state index in [1.54, 1.807) is 17.7 Å². The van der Waals surface area contributed by atoms with Crippen LogP contribution in [0.25, 0.3) is 43.6 Å². The first kappa shape index (κ1) is 38.2. The minimum Gasteiger partial charge on any atom is -0.512 e. The number of nitrogens with zero attached hydrogens (tertiary/aromatic N) is 3. The van der Waals surface area contributed by atoms with Crippen LogP contribution in [0.5, 0.6) is 0 Å². The topological polar surface area (TPSA) is 76.0 Å². The monoisotopic (exact) mass is 827 g/mol. The third kappa shape index (κ3) is 8.62. The Hall–Kier alpha value is -3.25. The number of ketones is 1. The Morgan fingerprint density at radius 1 is 0.830 bits per heavy atom. The van der Waals surface area contributed by atoms with Gasteiger partial charge < -0.3 is 5.11 Å². The van der Waals surface area contributed by atoms with Crippen molar-refractivity contribution < 1.29 is 30.0 Å². The molecule has 2 aromatic carbocycles. The Balaban J connectivity index is 0.000000290. The molecular weight excluding hydrogens is 779 g/mol. The van der Waals surface area contributed by atoms with E-state index in [1.807, 2.05) is 59.7 Å². The summed E-state index contributed by atoms with van der Waals surface area (Å²) in [5, 5.41) is 14.5. The van der Waals surface area contributed by atoms with E-state index >= 15 is 0 Å². The molecule has 5 rings (SSSR count). The third-order valence-electron chi connectivity index (χ3n) is 9.70. The van der Waals surface area contributed by atoms with Crippen molar-refractivity contribution in [3.63, 3.8) is 0 Å². The standard InChI is InChI=1S/C25H20N3S.C15H28O2.Ir/c1-25(2,3)19-13-17(12-16-6-4-5-7-18(16)19)22-14-23(27-15-26-22)20-8-9-24-21(28-20)10-11-29-24;1-7-14(5,8-2)12(16)11-13(17)15(6,9-3)10-4;/h4-11,13-15H,1-3H3;11,16H,7-10H2,1-6H3;/q-1;;/b;12-11-;. The fourth-order valence-electron chi connectivity index (χ4n) is 5.31. The van der Waals surface area contributed by atoms with E-state index in [1.165, 1.54) is 21.7 Å². The minimum absolute atomic E-state index is 0. The van der Waals surface area contributed by atoms with Crippen molar-refractivity contribution in [2.24, 2.45) is 10.8 Å². The predicted molar refractivity (Wildman–Crippen MR) is 194 cm³/mol. The van der Waals surface area contributed by atoms with Crippen LogP contribution >= 0.6 is 11.3 Å². The molecule has 0 amide bonds.